The molecule has 6 heteroatoms. The van der Waals surface area contributed by atoms with Crippen LogP contribution in [0.2, 0.25) is 0 Å². The number of halogens is 3. The van der Waals surface area contributed by atoms with Crippen molar-refractivity contribution < 1.29 is 18.0 Å². The van der Waals surface area contributed by atoms with Gasteiger partial charge in [0.2, 0.25) is 0 Å². The van der Waals surface area contributed by atoms with Gasteiger partial charge in [-0.1, -0.05) is 39.8 Å². The maximum Gasteiger partial charge on any atom is 0.416 e. The predicted molar refractivity (Wildman–Crippen MR) is 116 cm³/mol. The first kappa shape index (κ1) is 22.3. The Bertz CT molecular complexity index is 891. The molecule has 3 aliphatic rings. The number of hydrazone groups is 1. The molecule has 1 aliphatic heterocycles. The van der Waals surface area contributed by atoms with Crippen LogP contribution in [0.25, 0.3) is 0 Å². The Morgan fingerprint density at radius 1 is 1.26 bits per heavy atom. The lowest BCUT2D eigenvalue weighted by Crippen LogP contribution is -2.34. The van der Waals surface area contributed by atoms with Gasteiger partial charge >= 0.3 is 6.18 Å². The van der Waals surface area contributed by atoms with Gasteiger partial charge in [0.05, 0.1) is 11.6 Å². The van der Waals surface area contributed by atoms with Crippen molar-refractivity contribution in [3.63, 3.8) is 0 Å². The third kappa shape index (κ3) is 3.70. The van der Waals surface area contributed by atoms with Crippen LogP contribution < -0.4 is 0 Å². The molecule has 1 aromatic carbocycles. The molecule has 0 spiro atoms. The van der Waals surface area contributed by atoms with Gasteiger partial charge in [-0.2, -0.15) is 18.3 Å². The molecule has 0 saturated heterocycles. The van der Waals surface area contributed by atoms with Crippen molar-refractivity contribution in [1.29, 1.82) is 0 Å². The highest BCUT2D eigenvalue weighted by Crippen LogP contribution is 2.68. The summed E-state index contributed by atoms with van der Waals surface area (Å²) in [6.07, 6.45) is 0.838. The topological polar surface area (TPSA) is 32.7 Å². The van der Waals surface area contributed by atoms with Crippen LogP contribution in [-0.4, -0.2) is 23.0 Å². The minimum Gasteiger partial charge on any atom is -0.293 e. The minimum absolute atomic E-state index is 0.0742. The van der Waals surface area contributed by atoms with E-state index in [1.165, 1.54) is 25.0 Å². The molecule has 2 saturated carbocycles. The molecule has 4 atom stereocenters. The highest BCUT2D eigenvalue weighted by molar-refractivity contribution is 6.40. The predicted octanol–water partition coefficient (Wildman–Crippen LogP) is 6.64. The average Bonchev–Trinajstić information content (AvgIpc) is 3.27. The lowest BCUT2D eigenvalue weighted by Gasteiger charge is -2.39. The number of hydrogen-bond donors (Lipinski definition) is 0. The third-order valence-electron chi connectivity index (χ3n) is 8.78. The first-order valence-corrected chi connectivity index (χ1v) is 11.5. The number of hydrogen-bond acceptors (Lipinski definition) is 3. The molecular formula is C25H33F3N2O. The van der Waals surface area contributed by atoms with Crippen LogP contribution in [0, 0.1) is 22.7 Å². The fourth-order valence-electron chi connectivity index (χ4n) is 6.39. The molecule has 0 N–H and O–H groups in total. The van der Waals surface area contributed by atoms with E-state index >= 15 is 0 Å². The molecule has 2 bridgehead atoms. The number of benzene rings is 1. The minimum atomic E-state index is -4.38. The van der Waals surface area contributed by atoms with Crippen LogP contribution in [0.4, 0.5) is 13.2 Å². The standard InChI is InChI=1S/C25H33F3N2O/c1-5-11-30-21(16-7-6-8-18(12-16)25(26,27)28)15-20(29-30)22(31)14-19-13-17-9-10-24(19,4)23(17,2)3/h6-8,12,17,19,21H,5,9-11,13-15H2,1-4H3/t17-,19+,21?,24-/m0/s1. The number of rotatable bonds is 6. The van der Waals surface area contributed by atoms with Gasteiger partial charge in [-0.05, 0) is 66.0 Å². The molecule has 31 heavy (non-hydrogen) atoms. The number of alkyl halides is 3. The highest BCUT2D eigenvalue weighted by atomic mass is 19.4. The summed E-state index contributed by atoms with van der Waals surface area (Å²) in [7, 11) is 0. The Labute approximate surface area is 183 Å². The van der Waals surface area contributed by atoms with Gasteiger partial charge in [0, 0.05) is 19.4 Å². The Morgan fingerprint density at radius 2 is 2.00 bits per heavy atom. The molecule has 3 nitrogen and oxygen atoms in total. The van der Waals surface area contributed by atoms with E-state index in [0.29, 0.717) is 42.5 Å². The summed E-state index contributed by atoms with van der Waals surface area (Å²) < 4.78 is 39.6. The molecule has 0 amide bonds. The quantitative estimate of drug-likeness (QED) is 0.503. The average molecular weight is 435 g/mol. The van der Waals surface area contributed by atoms with Gasteiger partial charge in [-0.25, -0.2) is 0 Å². The smallest absolute Gasteiger partial charge is 0.293 e. The molecule has 2 fully saturated rings. The fraction of sp³-hybridized carbons (Fsp3) is 0.680. The van der Waals surface area contributed by atoms with Gasteiger partial charge in [0.25, 0.3) is 0 Å². The van der Waals surface area contributed by atoms with Crippen LogP contribution in [0.15, 0.2) is 29.4 Å². The Kier molecular flexibility index (Phi) is 5.50. The van der Waals surface area contributed by atoms with Crippen molar-refractivity contribution >= 4 is 11.5 Å². The van der Waals surface area contributed by atoms with Crippen LogP contribution in [-0.2, 0) is 11.0 Å². The van der Waals surface area contributed by atoms with Crippen LogP contribution >= 0.6 is 0 Å². The van der Waals surface area contributed by atoms with E-state index in [-0.39, 0.29) is 22.7 Å². The van der Waals surface area contributed by atoms with Crippen LogP contribution in [0.5, 0.6) is 0 Å². The van der Waals surface area contributed by atoms with Gasteiger partial charge in [-0.15, -0.1) is 0 Å². The Balaban J connectivity index is 1.51. The van der Waals surface area contributed by atoms with Gasteiger partial charge in [0.15, 0.2) is 5.78 Å². The molecule has 2 aliphatic carbocycles. The lowest BCUT2D eigenvalue weighted by molar-refractivity contribution is -0.137. The zero-order chi connectivity index (χ0) is 22.6. The largest absolute Gasteiger partial charge is 0.416 e. The summed E-state index contributed by atoms with van der Waals surface area (Å²) >= 11 is 0. The van der Waals surface area contributed by atoms with Crippen molar-refractivity contribution in [2.45, 2.75) is 78.4 Å². The SMILES string of the molecule is CCCN1N=C(C(=O)C[C@H]2C[C@@H]3CC[C@]2(C)C3(C)C)CC1c1cccc(C(F)(F)F)c1. The van der Waals surface area contributed by atoms with Gasteiger partial charge in [-0.3, -0.25) is 9.80 Å². The maximum absolute atomic E-state index is 13.2. The van der Waals surface area contributed by atoms with E-state index in [2.05, 4.69) is 25.9 Å². The summed E-state index contributed by atoms with van der Waals surface area (Å²) in [5.41, 5.74) is 0.876. The van der Waals surface area contributed by atoms with E-state index < -0.39 is 11.7 Å². The van der Waals surface area contributed by atoms with E-state index in [1.54, 1.807) is 6.07 Å². The first-order valence-electron chi connectivity index (χ1n) is 11.5. The van der Waals surface area contributed by atoms with E-state index in [1.807, 2.05) is 11.9 Å². The van der Waals surface area contributed by atoms with Crippen molar-refractivity contribution in [2.24, 2.45) is 27.8 Å². The summed E-state index contributed by atoms with van der Waals surface area (Å²) in [5, 5.41) is 6.42. The van der Waals surface area contributed by atoms with Gasteiger partial charge in [0.1, 0.15) is 5.71 Å². The normalized spacial score (nSPS) is 31.9. The molecule has 4 rings (SSSR count). The van der Waals surface area contributed by atoms with Crippen molar-refractivity contribution in [2.75, 3.05) is 6.54 Å². The zero-order valence-corrected chi connectivity index (χ0v) is 18.9. The molecule has 0 aromatic heterocycles. The summed E-state index contributed by atoms with van der Waals surface area (Å²) in [6, 6.07) is 5.14. The van der Waals surface area contributed by atoms with Crippen LogP contribution in [0.3, 0.4) is 0 Å². The maximum atomic E-state index is 13.2. The highest BCUT2D eigenvalue weighted by Gasteiger charge is 2.61. The summed E-state index contributed by atoms with van der Waals surface area (Å²) in [6.45, 7) is 9.65. The second-order valence-electron chi connectivity index (χ2n) is 10.5. The van der Waals surface area contributed by atoms with Crippen LogP contribution in [0.1, 0.15) is 83.4 Å². The van der Waals surface area contributed by atoms with Crippen molar-refractivity contribution in [1.82, 2.24) is 5.01 Å². The third-order valence-corrected chi connectivity index (χ3v) is 8.78. The monoisotopic (exact) mass is 434 g/mol. The summed E-state index contributed by atoms with van der Waals surface area (Å²) in [4.78, 5) is 13.2. The molecule has 1 heterocycles. The fourth-order valence-corrected chi connectivity index (χ4v) is 6.39. The zero-order valence-electron chi connectivity index (χ0n) is 18.9. The Morgan fingerprint density at radius 3 is 2.58 bits per heavy atom. The van der Waals surface area contributed by atoms with Crippen molar-refractivity contribution in [3.05, 3.63) is 35.4 Å². The van der Waals surface area contributed by atoms with Gasteiger partial charge < -0.3 is 0 Å². The second kappa shape index (κ2) is 7.63. The number of nitrogens with zero attached hydrogens (tertiary/aromatic N) is 2. The molecule has 1 aromatic rings. The number of carbonyl (C=O) groups is 1. The number of carbonyl (C=O) groups excluding carboxylic acids is 1. The molecule has 1 unspecified atom stereocenters. The number of ketones is 1. The first-order chi connectivity index (χ1) is 14.5. The Hall–Kier alpha value is -1.85. The van der Waals surface area contributed by atoms with E-state index in [4.69, 9.17) is 0 Å². The number of Topliss-reactive ketones (excluding diaryl/α,β-unsaturated/α-hetero) is 1. The van der Waals surface area contributed by atoms with Crippen molar-refractivity contribution in [3.8, 4) is 0 Å². The van der Waals surface area contributed by atoms with E-state index in [0.717, 1.165) is 18.9 Å². The lowest BCUT2D eigenvalue weighted by atomic mass is 9.65. The summed E-state index contributed by atoms with van der Waals surface area (Å²) in [5.74, 6) is 1.11. The second-order valence-corrected chi connectivity index (χ2v) is 10.5. The molecule has 0 radical (unpaired) electrons. The number of fused-ring (bicyclic) bond motifs is 2. The van der Waals surface area contributed by atoms with E-state index in [9.17, 15) is 18.0 Å². The molecule has 170 valence electrons. The molecular weight excluding hydrogens is 401 g/mol.